The van der Waals surface area contributed by atoms with Gasteiger partial charge >= 0.3 is 0 Å². The van der Waals surface area contributed by atoms with Crippen molar-refractivity contribution >= 4 is 5.82 Å². The fourth-order valence-corrected chi connectivity index (χ4v) is 2.02. The molecule has 100 valence electrons. The highest BCUT2D eigenvalue weighted by molar-refractivity contribution is 5.47. The van der Waals surface area contributed by atoms with Crippen LogP contribution >= 0.6 is 0 Å². The van der Waals surface area contributed by atoms with Gasteiger partial charge in [-0.3, -0.25) is 0 Å². The molecule has 0 spiro atoms. The average molecular weight is 265 g/mol. The van der Waals surface area contributed by atoms with Gasteiger partial charge in [0, 0.05) is 23.9 Å². The second kappa shape index (κ2) is 3.97. The average Bonchev–Trinajstić information content (AvgIpc) is 3.20. The van der Waals surface area contributed by atoms with Crippen molar-refractivity contribution in [2.75, 3.05) is 5.73 Å². The van der Waals surface area contributed by atoms with Crippen molar-refractivity contribution in [1.29, 1.82) is 0 Å². The van der Waals surface area contributed by atoms with Gasteiger partial charge in [0.15, 0.2) is 0 Å². The zero-order valence-corrected chi connectivity index (χ0v) is 10.3. The predicted molar refractivity (Wildman–Crippen MR) is 64.9 cm³/mol. The van der Waals surface area contributed by atoms with E-state index in [-0.39, 0.29) is 17.5 Å². The van der Waals surface area contributed by atoms with Crippen molar-refractivity contribution in [3.8, 4) is 5.95 Å². The van der Waals surface area contributed by atoms with Crippen molar-refractivity contribution in [3.63, 3.8) is 0 Å². The van der Waals surface area contributed by atoms with Crippen LogP contribution in [0.4, 0.5) is 14.6 Å². The largest absolute Gasteiger partial charge is 0.383 e. The number of aromatic nitrogens is 4. The van der Waals surface area contributed by atoms with E-state index in [1.807, 2.05) is 0 Å². The van der Waals surface area contributed by atoms with Crippen LogP contribution in [0.15, 0.2) is 18.5 Å². The molecule has 2 aromatic heterocycles. The van der Waals surface area contributed by atoms with Crippen LogP contribution in [-0.4, -0.2) is 19.7 Å². The molecule has 1 saturated carbocycles. The molecule has 19 heavy (non-hydrogen) atoms. The summed E-state index contributed by atoms with van der Waals surface area (Å²) in [5, 5.41) is 3.93. The number of nitrogens with zero attached hydrogens (tertiary/aromatic N) is 4. The molecule has 2 N–H and O–H groups in total. The molecule has 0 aliphatic heterocycles. The Morgan fingerprint density at radius 2 is 1.95 bits per heavy atom. The predicted octanol–water partition coefficient (Wildman–Crippen LogP) is 2.05. The minimum atomic E-state index is -2.93. The van der Waals surface area contributed by atoms with E-state index < -0.39 is 11.8 Å². The van der Waals surface area contributed by atoms with Gasteiger partial charge in [0.1, 0.15) is 11.5 Å². The van der Waals surface area contributed by atoms with Gasteiger partial charge in [0.05, 0.1) is 0 Å². The van der Waals surface area contributed by atoms with E-state index in [1.54, 1.807) is 13.0 Å². The standard InChI is InChI=1S/C12H13F2N5/c1-7-9(12(13,14)8-3-4-8)18-19(10(7)15)11-16-5-2-6-17-11/h2,5-6,8H,3-4,15H2,1H3. The van der Waals surface area contributed by atoms with E-state index in [0.717, 1.165) is 0 Å². The lowest BCUT2D eigenvalue weighted by Crippen LogP contribution is -2.18. The van der Waals surface area contributed by atoms with Gasteiger partial charge in [-0.1, -0.05) is 0 Å². The molecule has 5 nitrogen and oxygen atoms in total. The van der Waals surface area contributed by atoms with Gasteiger partial charge in [-0.15, -0.1) is 0 Å². The molecule has 1 fully saturated rings. The van der Waals surface area contributed by atoms with Crippen molar-refractivity contribution in [3.05, 3.63) is 29.7 Å². The summed E-state index contributed by atoms with van der Waals surface area (Å²) in [5.41, 5.74) is 5.87. The van der Waals surface area contributed by atoms with E-state index in [2.05, 4.69) is 15.1 Å². The van der Waals surface area contributed by atoms with Crippen LogP contribution < -0.4 is 5.73 Å². The Morgan fingerprint density at radius 3 is 2.53 bits per heavy atom. The topological polar surface area (TPSA) is 69.6 Å². The van der Waals surface area contributed by atoms with Crippen molar-refractivity contribution in [2.24, 2.45) is 5.92 Å². The summed E-state index contributed by atoms with van der Waals surface area (Å²) >= 11 is 0. The molecule has 0 amide bonds. The highest BCUT2D eigenvalue weighted by Gasteiger charge is 2.51. The second-order valence-electron chi connectivity index (χ2n) is 4.72. The molecule has 0 radical (unpaired) electrons. The number of nitrogens with two attached hydrogens (primary N) is 1. The van der Waals surface area contributed by atoms with E-state index in [1.165, 1.54) is 17.1 Å². The third-order valence-electron chi connectivity index (χ3n) is 3.31. The molecule has 7 heteroatoms. The molecular formula is C12H13F2N5. The first-order chi connectivity index (χ1) is 9.01. The lowest BCUT2D eigenvalue weighted by molar-refractivity contribution is -0.0337. The van der Waals surface area contributed by atoms with E-state index >= 15 is 0 Å². The normalized spacial score (nSPS) is 15.7. The zero-order valence-electron chi connectivity index (χ0n) is 10.3. The van der Waals surface area contributed by atoms with E-state index in [4.69, 9.17) is 5.73 Å². The summed E-state index contributed by atoms with van der Waals surface area (Å²) in [6, 6.07) is 1.63. The molecule has 1 aliphatic carbocycles. The van der Waals surface area contributed by atoms with Crippen molar-refractivity contribution in [2.45, 2.75) is 25.7 Å². The third kappa shape index (κ3) is 1.85. The number of anilines is 1. The van der Waals surface area contributed by atoms with Gasteiger partial charge < -0.3 is 5.73 Å². The van der Waals surface area contributed by atoms with Crippen LogP contribution in [0.3, 0.4) is 0 Å². The molecule has 2 aromatic rings. The maximum atomic E-state index is 14.1. The monoisotopic (exact) mass is 265 g/mol. The third-order valence-corrected chi connectivity index (χ3v) is 3.31. The first-order valence-electron chi connectivity index (χ1n) is 6.02. The SMILES string of the molecule is Cc1c(C(F)(F)C2CC2)nn(-c2ncccn2)c1N. The molecule has 0 atom stereocenters. The number of rotatable bonds is 3. The van der Waals surface area contributed by atoms with Gasteiger partial charge in [0.2, 0.25) is 0 Å². The Morgan fingerprint density at radius 1 is 1.32 bits per heavy atom. The Labute approximate surface area is 108 Å². The lowest BCUT2D eigenvalue weighted by atomic mass is 10.1. The number of halogens is 2. The van der Waals surface area contributed by atoms with Gasteiger partial charge in [-0.05, 0) is 25.8 Å². The van der Waals surface area contributed by atoms with Crippen molar-refractivity contribution in [1.82, 2.24) is 19.7 Å². The zero-order chi connectivity index (χ0) is 13.6. The molecule has 3 rings (SSSR count). The summed E-state index contributed by atoms with van der Waals surface area (Å²) in [6.07, 6.45) is 4.08. The highest BCUT2D eigenvalue weighted by atomic mass is 19.3. The maximum Gasteiger partial charge on any atom is 0.294 e. The van der Waals surface area contributed by atoms with Crippen LogP contribution in [0.1, 0.15) is 24.1 Å². The van der Waals surface area contributed by atoms with Gasteiger partial charge in [-0.2, -0.15) is 18.6 Å². The Hall–Kier alpha value is -2.05. The number of nitrogen functional groups attached to an aromatic ring is 1. The highest BCUT2D eigenvalue weighted by Crippen LogP contribution is 2.50. The molecule has 0 unspecified atom stereocenters. The molecule has 2 heterocycles. The summed E-state index contributed by atoms with van der Waals surface area (Å²) in [4.78, 5) is 7.94. The minimum Gasteiger partial charge on any atom is -0.383 e. The smallest absolute Gasteiger partial charge is 0.294 e. The molecule has 0 saturated heterocycles. The van der Waals surface area contributed by atoms with Crippen LogP contribution in [0.25, 0.3) is 5.95 Å². The Bertz CT molecular complexity index is 604. The van der Waals surface area contributed by atoms with Crippen LogP contribution in [0.2, 0.25) is 0 Å². The van der Waals surface area contributed by atoms with Crippen molar-refractivity contribution < 1.29 is 8.78 Å². The van der Waals surface area contributed by atoms with Gasteiger partial charge in [-0.25, -0.2) is 9.97 Å². The summed E-state index contributed by atoms with van der Waals surface area (Å²) in [6.45, 7) is 1.55. The number of hydrogen-bond acceptors (Lipinski definition) is 4. The van der Waals surface area contributed by atoms with Gasteiger partial charge in [0.25, 0.3) is 11.9 Å². The Kier molecular flexibility index (Phi) is 2.51. The minimum absolute atomic E-state index is 0.154. The van der Waals surface area contributed by atoms with Crippen LogP contribution in [-0.2, 0) is 5.92 Å². The Balaban J connectivity index is 2.09. The fourth-order valence-electron chi connectivity index (χ4n) is 2.02. The summed E-state index contributed by atoms with van der Waals surface area (Å²) in [5.74, 6) is -3.20. The fraction of sp³-hybridized carbons (Fsp3) is 0.417. The van der Waals surface area contributed by atoms with E-state index in [9.17, 15) is 8.78 Å². The van der Waals surface area contributed by atoms with Crippen LogP contribution in [0, 0.1) is 12.8 Å². The molecule has 0 aromatic carbocycles. The number of hydrogen-bond donors (Lipinski definition) is 1. The number of alkyl halides is 2. The quantitative estimate of drug-likeness (QED) is 0.922. The van der Waals surface area contributed by atoms with E-state index in [0.29, 0.717) is 18.4 Å². The first kappa shape index (κ1) is 12.0. The lowest BCUT2D eigenvalue weighted by Gasteiger charge is -2.13. The summed E-state index contributed by atoms with van der Waals surface area (Å²) < 4.78 is 29.4. The second-order valence-corrected chi connectivity index (χ2v) is 4.72. The molecule has 1 aliphatic rings. The van der Waals surface area contributed by atoms with Crippen LogP contribution in [0.5, 0.6) is 0 Å². The molecular weight excluding hydrogens is 252 g/mol. The first-order valence-corrected chi connectivity index (χ1v) is 6.02. The summed E-state index contributed by atoms with van der Waals surface area (Å²) in [7, 11) is 0. The molecule has 0 bridgehead atoms. The maximum absolute atomic E-state index is 14.1.